The zero-order valence-corrected chi connectivity index (χ0v) is 19.6. The molecule has 1 aromatic carbocycles. The van der Waals surface area contributed by atoms with Crippen molar-refractivity contribution in [1.29, 1.82) is 0 Å². The molecule has 1 aromatic heterocycles. The minimum Gasteiger partial charge on any atom is -0.393 e. The first kappa shape index (κ1) is 23.0. The van der Waals surface area contributed by atoms with Crippen LogP contribution >= 0.6 is 35.0 Å². The molecule has 1 spiro atoms. The van der Waals surface area contributed by atoms with Gasteiger partial charge in [0.2, 0.25) is 0 Å². The lowest BCUT2D eigenvalue weighted by Crippen LogP contribution is -2.49. The standard InChI is InChI=1S/C21H26Cl2N4O3S/c1-12-20(31-15-4-2-3-13(22)17(15)23)26-18(14(29)9-28)19(25-12)27-7-5-21(6-8-27)11-30-10-16(21)24/h2-4,14,16,28-29H,5-11,24H2,1H3/t14?,16-/m1/s1. The van der Waals surface area contributed by atoms with Crippen molar-refractivity contribution in [1.82, 2.24) is 9.97 Å². The SMILES string of the molecule is Cc1nc(N2CCC3(CC2)COC[C@H]3N)c(C(O)CO)nc1Sc1cccc(Cl)c1Cl. The van der Waals surface area contributed by atoms with Gasteiger partial charge in [0, 0.05) is 29.4 Å². The molecule has 0 aliphatic carbocycles. The van der Waals surface area contributed by atoms with Gasteiger partial charge in [-0.25, -0.2) is 9.97 Å². The Hall–Kier alpha value is -1.13. The first-order valence-corrected chi connectivity index (χ1v) is 11.8. The van der Waals surface area contributed by atoms with Crippen LogP contribution in [-0.2, 0) is 4.74 Å². The summed E-state index contributed by atoms with van der Waals surface area (Å²) in [5, 5.41) is 21.6. The second kappa shape index (κ2) is 9.39. The van der Waals surface area contributed by atoms with Gasteiger partial charge in [0.25, 0.3) is 0 Å². The van der Waals surface area contributed by atoms with E-state index in [2.05, 4.69) is 9.88 Å². The molecule has 2 aliphatic heterocycles. The smallest absolute Gasteiger partial charge is 0.153 e. The predicted molar refractivity (Wildman–Crippen MR) is 122 cm³/mol. The zero-order valence-electron chi connectivity index (χ0n) is 17.2. The molecule has 1 unspecified atom stereocenters. The number of aliphatic hydroxyl groups excluding tert-OH is 2. The molecule has 0 saturated carbocycles. The summed E-state index contributed by atoms with van der Waals surface area (Å²) in [6.07, 6.45) is 0.640. The number of hydrogen-bond donors (Lipinski definition) is 3. The monoisotopic (exact) mass is 484 g/mol. The van der Waals surface area contributed by atoms with Crippen LogP contribution in [-0.4, -0.2) is 59.1 Å². The van der Waals surface area contributed by atoms with E-state index in [4.69, 9.17) is 38.7 Å². The van der Waals surface area contributed by atoms with E-state index >= 15 is 0 Å². The number of piperidine rings is 1. The van der Waals surface area contributed by atoms with Gasteiger partial charge >= 0.3 is 0 Å². The predicted octanol–water partition coefficient (Wildman–Crippen LogP) is 3.21. The number of benzene rings is 1. The van der Waals surface area contributed by atoms with Crippen molar-refractivity contribution >= 4 is 40.8 Å². The van der Waals surface area contributed by atoms with Crippen LogP contribution < -0.4 is 10.6 Å². The Morgan fingerprint density at radius 3 is 2.71 bits per heavy atom. The number of nitrogens with zero attached hydrogens (tertiary/aromatic N) is 3. The minimum atomic E-state index is -1.13. The molecular formula is C21H26Cl2N4O3S. The van der Waals surface area contributed by atoms with Crippen molar-refractivity contribution in [3.05, 3.63) is 39.6 Å². The summed E-state index contributed by atoms with van der Waals surface area (Å²) in [7, 11) is 0. The molecule has 4 rings (SSSR count). The van der Waals surface area contributed by atoms with Crippen LogP contribution in [0, 0.1) is 12.3 Å². The second-order valence-corrected chi connectivity index (χ2v) is 9.96. The summed E-state index contributed by atoms with van der Waals surface area (Å²) < 4.78 is 5.61. The number of aliphatic hydroxyl groups is 2. The van der Waals surface area contributed by atoms with Crippen LogP contribution in [0.3, 0.4) is 0 Å². The van der Waals surface area contributed by atoms with Crippen LogP contribution in [0.4, 0.5) is 5.82 Å². The molecule has 0 bridgehead atoms. The normalized spacial score (nSPS) is 21.6. The third kappa shape index (κ3) is 4.53. The molecule has 31 heavy (non-hydrogen) atoms. The number of ether oxygens (including phenoxy) is 1. The van der Waals surface area contributed by atoms with Gasteiger partial charge in [-0.2, -0.15) is 0 Å². The molecule has 2 atom stereocenters. The third-order valence-corrected chi connectivity index (χ3v) is 8.25. The van der Waals surface area contributed by atoms with Gasteiger partial charge in [0.15, 0.2) is 5.82 Å². The second-order valence-electron chi connectivity index (χ2n) is 8.15. The Balaban J connectivity index is 1.63. The number of anilines is 1. The summed E-state index contributed by atoms with van der Waals surface area (Å²) in [5.74, 6) is 0.600. The first-order chi connectivity index (χ1) is 14.8. The van der Waals surface area contributed by atoms with Gasteiger partial charge in [0.05, 0.1) is 35.6 Å². The Morgan fingerprint density at radius 1 is 1.32 bits per heavy atom. The molecule has 0 amide bonds. The molecule has 0 radical (unpaired) electrons. The fourth-order valence-electron chi connectivity index (χ4n) is 4.16. The van der Waals surface area contributed by atoms with E-state index in [-0.39, 0.29) is 11.5 Å². The number of rotatable bonds is 5. The Labute approximate surface area is 195 Å². The Kier molecular flexibility index (Phi) is 6.98. The average molecular weight is 485 g/mol. The van der Waals surface area contributed by atoms with Crippen LogP contribution in [0.15, 0.2) is 28.1 Å². The summed E-state index contributed by atoms with van der Waals surface area (Å²) in [4.78, 5) is 12.3. The van der Waals surface area contributed by atoms with Crippen molar-refractivity contribution in [2.75, 3.05) is 37.8 Å². The number of halogens is 2. The van der Waals surface area contributed by atoms with Crippen LogP contribution in [0.25, 0.3) is 0 Å². The minimum absolute atomic E-state index is 0.00779. The molecule has 2 aliphatic rings. The highest BCUT2D eigenvalue weighted by Crippen LogP contribution is 2.42. The Morgan fingerprint density at radius 2 is 2.06 bits per heavy atom. The molecule has 4 N–H and O–H groups in total. The summed E-state index contributed by atoms with van der Waals surface area (Å²) in [5.41, 5.74) is 7.38. The van der Waals surface area contributed by atoms with Crippen molar-refractivity contribution < 1.29 is 14.9 Å². The lowest BCUT2D eigenvalue weighted by Gasteiger charge is -2.41. The number of nitrogens with two attached hydrogens (primary N) is 1. The molecule has 2 aromatic rings. The molecule has 2 saturated heterocycles. The number of hydrogen-bond acceptors (Lipinski definition) is 8. The first-order valence-electron chi connectivity index (χ1n) is 10.2. The molecule has 3 heterocycles. The zero-order chi connectivity index (χ0) is 22.2. The fourth-order valence-corrected chi connectivity index (χ4v) is 5.53. The van der Waals surface area contributed by atoms with E-state index in [1.807, 2.05) is 19.1 Å². The summed E-state index contributed by atoms with van der Waals surface area (Å²) in [6, 6.07) is 5.44. The molecule has 7 nitrogen and oxygen atoms in total. The average Bonchev–Trinajstić information content (AvgIpc) is 3.12. The lowest BCUT2D eigenvalue weighted by molar-refractivity contribution is 0.0913. The highest BCUT2D eigenvalue weighted by Gasteiger charge is 2.44. The highest BCUT2D eigenvalue weighted by molar-refractivity contribution is 7.99. The van der Waals surface area contributed by atoms with Crippen LogP contribution in [0.2, 0.25) is 10.0 Å². The largest absolute Gasteiger partial charge is 0.393 e. The van der Waals surface area contributed by atoms with Crippen molar-refractivity contribution in [3.63, 3.8) is 0 Å². The van der Waals surface area contributed by atoms with E-state index in [9.17, 15) is 10.2 Å². The summed E-state index contributed by atoms with van der Waals surface area (Å²) >= 11 is 13.8. The van der Waals surface area contributed by atoms with Crippen LogP contribution in [0.1, 0.15) is 30.3 Å². The quantitative estimate of drug-likeness (QED) is 0.593. The van der Waals surface area contributed by atoms with Gasteiger partial charge < -0.3 is 25.6 Å². The lowest BCUT2D eigenvalue weighted by atomic mass is 9.75. The van der Waals surface area contributed by atoms with E-state index in [0.717, 1.165) is 30.8 Å². The van der Waals surface area contributed by atoms with Gasteiger partial charge in [0.1, 0.15) is 16.8 Å². The topological polar surface area (TPSA) is 105 Å². The fraction of sp³-hybridized carbons (Fsp3) is 0.524. The Bertz CT molecular complexity index is 956. The van der Waals surface area contributed by atoms with Crippen molar-refractivity contribution in [2.45, 2.75) is 41.8 Å². The molecule has 168 valence electrons. The van der Waals surface area contributed by atoms with Crippen molar-refractivity contribution in [2.24, 2.45) is 11.1 Å². The number of aromatic nitrogens is 2. The van der Waals surface area contributed by atoms with Gasteiger partial charge in [-0.15, -0.1) is 0 Å². The highest BCUT2D eigenvalue weighted by atomic mass is 35.5. The molecular weight excluding hydrogens is 459 g/mol. The van der Waals surface area contributed by atoms with E-state index in [1.54, 1.807) is 6.07 Å². The maximum Gasteiger partial charge on any atom is 0.153 e. The van der Waals surface area contributed by atoms with E-state index in [0.29, 0.717) is 45.5 Å². The number of aryl methyl sites for hydroxylation is 1. The van der Waals surface area contributed by atoms with Crippen molar-refractivity contribution in [3.8, 4) is 0 Å². The maximum atomic E-state index is 10.5. The van der Waals surface area contributed by atoms with Crippen LogP contribution in [0.5, 0.6) is 0 Å². The van der Waals surface area contributed by atoms with E-state index < -0.39 is 12.7 Å². The molecule has 2 fully saturated rings. The molecule has 10 heteroatoms. The van der Waals surface area contributed by atoms with E-state index in [1.165, 1.54) is 11.8 Å². The van der Waals surface area contributed by atoms with Gasteiger partial charge in [-0.1, -0.05) is 41.0 Å². The van der Waals surface area contributed by atoms with Gasteiger partial charge in [-0.05, 0) is 31.9 Å². The maximum absolute atomic E-state index is 10.5. The third-order valence-electron chi connectivity index (χ3n) is 6.18. The van der Waals surface area contributed by atoms with Gasteiger partial charge in [-0.3, -0.25) is 0 Å². The summed E-state index contributed by atoms with van der Waals surface area (Å²) in [6.45, 7) is 4.20.